The highest BCUT2D eigenvalue weighted by Crippen LogP contribution is 2.34. The topological polar surface area (TPSA) is 111 Å². The Morgan fingerprint density at radius 3 is 2.24 bits per heavy atom. The largest absolute Gasteiger partial charge is 0.378 e. The average molecular weight is 350 g/mol. The van der Waals surface area contributed by atoms with Gasteiger partial charge in [-0.3, -0.25) is 10.1 Å². The second-order valence-electron chi connectivity index (χ2n) is 6.90. The smallest absolute Gasteiger partial charge is 0.353 e. The second kappa shape index (κ2) is 7.38. The van der Waals surface area contributed by atoms with E-state index in [4.69, 9.17) is 10.5 Å². The normalized spacial score (nSPS) is 24.9. The van der Waals surface area contributed by atoms with Crippen molar-refractivity contribution in [1.82, 2.24) is 9.97 Å². The van der Waals surface area contributed by atoms with Crippen LogP contribution in [0.2, 0.25) is 0 Å². The molecule has 0 saturated carbocycles. The summed E-state index contributed by atoms with van der Waals surface area (Å²) in [6, 6.07) is 0. The van der Waals surface area contributed by atoms with Gasteiger partial charge in [0.25, 0.3) is 0 Å². The Balaban J connectivity index is 1.99. The summed E-state index contributed by atoms with van der Waals surface area (Å²) in [6.07, 6.45) is 4.37. The van der Waals surface area contributed by atoms with Crippen LogP contribution in [-0.4, -0.2) is 53.3 Å². The lowest BCUT2D eigenvalue weighted by Crippen LogP contribution is -2.46. The van der Waals surface area contributed by atoms with Crippen molar-refractivity contribution in [2.75, 3.05) is 41.7 Å². The van der Waals surface area contributed by atoms with E-state index in [0.717, 1.165) is 38.8 Å². The number of aromatic nitrogens is 2. The second-order valence-corrected chi connectivity index (χ2v) is 6.90. The molecule has 2 aliphatic rings. The highest BCUT2D eigenvalue weighted by atomic mass is 16.6. The molecule has 9 heteroatoms. The van der Waals surface area contributed by atoms with Crippen LogP contribution in [0.15, 0.2) is 0 Å². The Hall–Kier alpha value is -2.16. The number of nitrogens with zero attached hydrogens (tertiary/aromatic N) is 5. The van der Waals surface area contributed by atoms with Gasteiger partial charge in [0.05, 0.1) is 17.1 Å². The van der Waals surface area contributed by atoms with Gasteiger partial charge in [-0.1, -0.05) is 12.8 Å². The van der Waals surface area contributed by atoms with Gasteiger partial charge in [-0.2, -0.15) is 9.97 Å². The predicted molar refractivity (Wildman–Crippen MR) is 96.0 cm³/mol. The molecule has 0 aromatic carbocycles. The van der Waals surface area contributed by atoms with Crippen LogP contribution in [0.5, 0.6) is 0 Å². The lowest BCUT2D eigenvalue weighted by Gasteiger charge is -2.35. The van der Waals surface area contributed by atoms with Crippen molar-refractivity contribution < 1.29 is 9.66 Å². The van der Waals surface area contributed by atoms with Crippen LogP contribution < -0.4 is 15.5 Å². The van der Waals surface area contributed by atoms with E-state index < -0.39 is 4.92 Å². The minimum Gasteiger partial charge on any atom is -0.378 e. The Bertz CT molecular complexity index is 623. The molecule has 0 bridgehead atoms. The molecule has 2 fully saturated rings. The van der Waals surface area contributed by atoms with Crippen LogP contribution in [0, 0.1) is 10.1 Å². The Labute approximate surface area is 147 Å². The SMILES string of the molecule is C[C@@H]1CN(c2nc(N)c([N+](=O)[O-])c(N3CCCCCC3)n2)C[C@H](C)O1. The molecule has 9 nitrogen and oxygen atoms in total. The fourth-order valence-corrected chi connectivity index (χ4v) is 3.61. The van der Waals surface area contributed by atoms with Gasteiger partial charge in [-0.05, 0) is 26.7 Å². The lowest BCUT2D eigenvalue weighted by atomic mass is 10.2. The van der Waals surface area contributed by atoms with Crippen molar-refractivity contribution in [3.05, 3.63) is 10.1 Å². The van der Waals surface area contributed by atoms with Crippen LogP contribution in [0.1, 0.15) is 39.5 Å². The Kier molecular flexibility index (Phi) is 5.22. The summed E-state index contributed by atoms with van der Waals surface area (Å²) in [5, 5.41) is 11.5. The standard InChI is InChI=1S/C16H26N6O3/c1-11-9-21(10-12(2)25-11)16-18-14(17)13(22(23)24)15(19-16)20-7-5-3-4-6-8-20/h11-12H,3-10H2,1-2H3,(H2,17,18,19)/t11-,12+. The molecule has 0 spiro atoms. The summed E-state index contributed by atoms with van der Waals surface area (Å²) in [7, 11) is 0. The molecular formula is C16H26N6O3. The average Bonchev–Trinajstić information content (AvgIpc) is 2.82. The first-order chi connectivity index (χ1) is 12.0. The van der Waals surface area contributed by atoms with Gasteiger partial charge in [-0.25, -0.2) is 0 Å². The molecule has 1 aromatic heterocycles. The fraction of sp³-hybridized carbons (Fsp3) is 0.750. The van der Waals surface area contributed by atoms with Crippen molar-refractivity contribution in [2.45, 2.75) is 51.7 Å². The molecule has 2 saturated heterocycles. The van der Waals surface area contributed by atoms with Gasteiger partial charge in [0, 0.05) is 26.2 Å². The number of anilines is 3. The Morgan fingerprint density at radius 1 is 1.08 bits per heavy atom. The van der Waals surface area contributed by atoms with E-state index in [-0.39, 0.29) is 23.7 Å². The van der Waals surface area contributed by atoms with E-state index >= 15 is 0 Å². The zero-order valence-electron chi connectivity index (χ0n) is 14.8. The number of hydrogen-bond donors (Lipinski definition) is 1. The van der Waals surface area contributed by atoms with Gasteiger partial charge in [0.2, 0.25) is 17.6 Å². The number of rotatable bonds is 3. The molecule has 1 aromatic rings. The van der Waals surface area contributed by atoms with E-state index in [0.29, 0.717) is 24.9 Å². The fourth-order valence-electron chi connectivity index (χ4n) is 3.61. The van der Waals surface area contributed by atoms with Gasteiger partial charge >= 0.3 is 5.69 Å². The number of ether oxygens (including phenoxy) is 1. The zero-order chi connectivity index (χ0) is 18.0. The van der Waals surface area contributed by atoms with E-state index in [9.17, 15) is 10.1 Å². The molecule has 2 aliphatic heterocycles. The maximum absolute atomic E-state index is 11.5. The van der Waals surface area contributed by atoms with Crippen molar-refractivity contribution in [3.8, 4) is 0 Å². The third-order valence-corrected chi connectivity index (χ3v) is 4.67. The molecule has 138 valence electrons. The van der Waals surface area contributed by atoms with Gasteiger partial charge in [-0.15, -0.1) is 0 Å². The first kappa shape index (κ1) is 17.7. The monoisotopic (exact) mass is 350 g/mol. The van der Waals surface area contributed by atoms with Crippen LogP contribution in [0.4, 0.5) is 23.3 Å². The third-order valence-electron chi connectivity index (χ3n) is 4.67. The van der Waals surface area contributed by atoms with E-state index in [1.807, 2.05) is 23.6 Å². The summed E-state index contributed by atoms with van der Waals surface area (Å²) in [6.45, 7) is 6.78. The maximum atomic E-state index is 11.5. The maximum Gasteiger partial charge on any atom is 0.353 e. The molecule has 3 heterocycles. The van der Waals surface area contributed by atoms with Gasteiger partial charge in [0.1, 0.15) is 0 Å². The number of nitrogen functional groups attached to an aromatic ring is 1. The molecule has 0 unspecified atom stereocenters. The molecule has 0 radical (unpaired) electrons. The molecule has 2 atom stereocenters. The quantitative estimate of drug-likeness (QED) is 0.650. The third kappa shape index (κ3) is 3.92. The van der Waals surface area contributed by atoms with Crippen LogP contribution in [-0.2, 0) is 4.74 Å². The Morgan fingerprint density at radius 2 is 1.68 bits per heavy atom. The van der Waals surface area contributed by atoms with Crippen LogP contribution >= 0.6 is 0 Å². The summed E-state index contributed by atoms with van der Waals surface area (Å²) >= 11 is 0. The van der Waals surface area contributed by atoms with E-state index in [2.05, 4.69) is 9.97 Å². The van der Waals surface area contributed by atoms with Crippen LogP contribution in [0.3, 0.4) is 0 Å². The van der Waals surface area contributed by atoms with E-state index in [1.165, 1.54) is 0 Å². The molecule has 2 N–H and O–H groups in total. The summed E-state index contributed by atoms with van der Waals surface area (Å²) < 4.78 is 5.75. The first-order valence-electron chi connectivity index (χ1n) is 8.93. The number of hydrogen-bond acceptors (Lipinski definition) is 8. The minimum absolute atomic E-state index is 0.0467. The van der Waals surface area contributed by atoms with Gasteiger partial charge < -0.3 is 20.3 Å². The molecule has 3 rings (SSSR count). The molecular weight excluding hydrogens is 324 g/mol. The molecule has 25 heavy (non-hydrogen) atoms. The molecule has 0 amide bonds. The van der Waals surface area contributed by atoms with E-state index in [1.54, 1.807) is 0 Å². The number of nitro groups is 1. The van der Waals surface area contributed by atoms with Gasteiger partial charge in [0.15, 0.2) is 0 Å². The minimum atomic E-state index is -0.468. The van der Waals surface area contributed by atoms with Crippen molar-refractivity contribution >= 4 is 23.3 Å². The van der Waals surface area contributed by atoms with Crippen molar-refractivity contribution in [1.29, 1.82) is 0 Å². The van der Waals surface area contributed by atoms with Crippen molar-refractivity contribution in [2.24, 2.45) is 0 Å². The number of nitrogens with two attached hydrogens (primary N) is 1. The molecule has 0 aliphatic carbocycles. The van der Waals surface area contributed by atoms with Crippen LogP contribution in [0.25, 0.3) is 0 Å². The summed E-state index contributed by atoms with van der Waals surface area (Å²) in [5.41, 5.74) is 5.79. The summed E-state index contributed by atoms with van der Waals surface area (Å²) in [5.74, 6) is 0.728. The zero-order valence-corrected chi connectivity index (χ0v) is 14.8. The van der Waals surface area contributed by atoms with Crippen molar-refractivity contribution in [3.63, 3.8) is 0 Å². The highest BCUT2D eigenvalue weighted by Gasteiger charge is 2.31. The highest BCUT2D eigenvalue weighted by molar-refractivity contribution is 5.71. The summed E-state index contributed by atoms with van der Waals surface area (Å²) in [4.78, 5) is 23.9. The lowest BCUT2D eigenvalue weighted by molar-refractivity contribution is -0.383. The predicted octanol–water partition coefficient (Wildman–Crippen LogP) is 1.96. The first-order valence-corrected chi connectivity index (χ1v) is 8.93. The number of morpholine rings is 1.